The molecule has 0 bridgehead atoms. The van der Waals surface area contributed by atoms with Crippen molar-refractivity contribution in [3.63, 3.8) is 0 Å². The molecule has 1 amide bonds. The topological polar surface area (TPSA) is 50.4 Å². The monoisotopic (exact) mass is 362 g/mol. The second-order valence-corrected chi connectivity index (χ2v) is 6.77. The van der Waals surface area contributed by atoms with Gasteiger partial charge in [-0.1, -0.05) is 42.5 Å². The molecule has 1 fully saturated rings. The summed E-state index contributed by atoms with van der Waals surface area (Å²) in [6, 6.07) is 14.3. The molecule has 1 aliphatic rings. The molecule has 1 aliphatic heterocycles. The first-order chi connectivity index (χ1) is 11.7. The van der Waals surface area contributed by atoms with Crippen LogP contribution >= 0.6 is 12.4 Å². The lowest BCUT2D eigenvalue weighted by Gasteiger charge is -2.37. The molecule has 0 atom stereocenters. The van der Waals surface area contributed by atoms with Crippen molar-refractivity contribution in [2.24, 2.45) is 5.41 Å². The summed E-state index contributed by atoms with van der Waals surface area (Å²) in [5.41, 5.74) is 1.14. The lowest BCUT2D eigenvalue weighted by molar-refractivity contribution is -0.121. The third kappa shape index (κ3) is 4.94. The van der Waals surface area contributed by atoms with E-state index in [1.807, 2.05) is 24.3 Å². The molecule has 0 aliphatic carbocycles. The van der Waals surface area contributed by atoms with Crippen LogP contribution in [0.2, 0.25) is 0 Å². The fourth-order valence-electron chi connectivity index (χ4n) is 3.60. The molecule has 2 aromatic carbocycles. The highest BCUT2D eigenvalue weighted by Gasteiger charge is 2.32. The van der Waals surface area contributed by atoms with Gasteiger partial charge >= 0.3 is 0 Å². The molecule has 0 aromatic heterocycles. The summed E-state index contributed by atoms with van der Waals surface area (Å²) < 4.78 is 5.41. The average molecular weight is 363 g/mol. The molecule has 25 heavy (non-hydrogen) atoms. The van der Waals surface area contributed by atoms with E-state index in [2.05, 4.69) is 28.8 Å². The number of hydrogen-bond acceptors (Lipinski definition) is 3. The van der Waals surface area contributed by atoms with Gasteiger partial charge in [0.05, 0.1) is 13.0 Å². The van der Waals surface area contributed by atoms with Crippen LogP contribution in [0.15, 0.2) is 42.5 Å². The van der Waals surface area contributed by atoms with Crippen LogP contribution in [-0.4, -0.2) is 39.3 Å². The van der Waals surface area contributed by atoms with Crippen LogP contribution in [0.25, 0.3) is 10.8 Å². The normalized spacial score (nSPS) is 16.2. The number of nitrogens with one attached hydrogen (secondary N) is 2. The van der Waals surface area contributed by atoms with Crippen molar-refractivity contribution in [2.75, 3.05) is 33.4 Å². The summed E-state index contributed by atoms with van der Waals surface area (Å²) in [7, 11) is 1.74. The Hall–Kier alpha value is -1.62. The number of benzene rings is 2. The van der Waals surface area contributed by atoms with Crippen molar-refractivity contribution in [2.45, 2.75) is 19.3 Å². The highest BCUT2D eigenvalue weighted by molar-refractivity contribution is 5.90. The Kier molecular flexibility index (Phi) is 7.24. The number of carbonyl (C=O) groups excluding carboxylic acids is 1. The predicted octanol–water partition coefficient (Wildman–Crippen LogP) is 2.94. The fraction of sp³-hybridized carbons (Fsp3) is 0.450. The van der Waals surface area contributed by atoms with Crippen LogP contribution < -0.4 is 10.6 Å². The third-order valence-corrected chi connectivity index (χ3v) is 5.01. The number of hydrogen-bond donors (Lipinski definition) is 2. The first-order valence-electron chi connectivity index (χ1n) is 8.65. The molecule has 0 radical (unpaired) electrons. The van der Waals surface area contributed by atoms with Crippen LogP contribution in [-0.2, 0) is 16.0 Å². The predicted molar refractivity (Wildman–Crippen MR) is 104 cm³/mol. The summed E-state index contributed by atoms with van der Waals surface area (Å²) in [5.74, 6) is 0.0837. The van der Waals surface area contributed by atoms with Gasteiger partial charge in [0.15, 0.2) is 0 Å². The van der Waals surface area contributed by atoms with Crippen molar-refractivity contribution in [1.29, 1.82) is 0 Å². The number of halogens is 1. The molecular weight excluding hydrogens is 336 g/mol. The molecule has 1 heterocycles. The molecule has 1 saturated heterocycles. The summed E-state index contributed by atoms with van der Waals surface area (Å²) in [4.78, 5) is 12.5. The largest absolute Gasteiger partial charge is 0.384 e. The SMILES string of the molecule is COCC1(CNC(=O)Cc2cccc3ccccc23)CCNCC1.Cl. The highest BCUT2D eigenvalue weighted by Crippen LogP contribution is 2.28. The minimum Gasteiger partial charge on any atom is -0.384 e. The van der Waals surface area contributed by atoms with Crippen molar-refractivity contribution in [3.8, 4) is 0 Å². The van der Waals surface area contributed by atoms with Crippen molar-refractivity contribution >= 4 is 29.1 Å². The quantitative estimate of drug-likeness (QED) is 0.830. The molecule has 2 N–H and O–H groups in total. The molecule has 3 rings (SSSR count). The maximum absolute atomic E-state index is 12.5. The Morgan fingerprint density at radius 1 is 1.16 bits per heavy atom. The molecule has 136 valence electrons. The summed E-state index contributed by atoms with van der Waals surface area (Å²) in [6.07, 6.45) is 2.49. The Balaban J connectivity index is 0.00000225. The van der Waals surface area contributed by atoms with E-state index >= 15 is 0 Å². The summed E-state index contributed by atoms with van der Waals surface area (Å²) >= 11 is 0. The number of rotatable bonds is 6. The van der Waals surface area contributed by atoms with Gasteiger partial charge in [-0.25, -0.2) is 0 Å². The van der Waals surface area contributed by atoms with Crippen LogP contribution in [0.3, 0.4) is 0 Å². The second-order valence-electron chi connectivity index (χ2n) is 6.77. The maximum atomic E-state index is 12.5. The fourth-order valence-corrected chi connectivity index (χ4v) is 3.60. The summed E-state index contributed by atoms with van der Waals surface area (Å²) in [6.45, 7) is 3.36. The van der Waals surface area contributed by atoms with E-state index in [0.717, 1.165) is 36.9 Å². The van der Waals surface area contributed by atoms with Gasteiger partial charge in [0, 0.05) is 19.1 Å². The van der Waals surface area contributed by atoms with Crippen LogP contribution in [0.1, 0.15) is 18.4 Å². The molecule has 2 aromatic rings. The first kappa shape index (κ1) is 19.7. The van der Waals surface area contributed by atoms with Gasteiger partial charge in [-0.05, 0) is 42.3 Å². The number of piperidine rings is 1. The molecule has 0 spiro atoms. The Morgan fingerprint density at radius 3 is 2.64 bits per heavy atom. The zero-order chi connectivity index (χ0) is 16.8. The van der Waals surface area contributed by atoms with Gasteiger partial charge in [0.1, 0.15) is 0 Å². The zero-order valence-corrected chi connectivity index (χ0v) is 15.5. The van der Waals surface area contributed by atoms with Gasteiger partial charge in [-0.15, -0.1) is 12.4 Å². The van der Waals surface area contributed by atoms with E-state index in [1.54, 1.807) is 7.11 Å². The van der Waals surface area contributed by atoms with Gasteiger partial charge in [0.2, 0.25) is 5.91 Å². The number of methoxy groups -OCH3 is 1. The van der Waals surface area contributed by atoms with Crippen LogP contribution in [0, 0.1) is 5.41 Å². The van der Waals surface area contributed by atoms with Crippen molar-refractivity contribution < 1.29 is 9.53 Å². The van der Waals surface area contributed by atoms with E-state index in [-0.39, 0.29) is 23.7 Å². The zero-order valence-electron chi connectivity index (χ0n) is 14.7. The summed E-state index contributed by atoms with van der Waals surface area (Å²) in [5, 5.41) is 8.86. The number of carbonyl (C=O) groups is 1. The van der Waals surface area contributed by atoms with Crippen LogP contribution in [0.5, 0.6) is 0 Å². The maximum Gasteiger partial charge on any atom is 0.224 e. The smallest absolute Gasteiger partial charge is 0.224 e. The molecule has 4 nitrogen and oxygen atoms in total. The van der Waals surface area contributed by atoms with E-state index in [9.17, 15) is 4.79 Å². The molecule has 0 unspecified atom stereocenters. The van der Waals surface area contributed by atoms with E-state index in [1.165, 1.54) is 5.39 Å². The van der Waals surface area contributed by atoms with Crippen molar-refractivity contribution in [1.82, 2.24) is 10.6 Å². The second kappa shape index (κ2) is 9.18. The van der Waals surface area contributed by atoms with Gasteiger partial charge in [0.25, 0.3) is 0 Å². The minimum atomic E-state index is 0. The lowest BCUT2D eigenvalue weighted by atomic mass is 9.79. The number of fused-ring (bicyclic) bond motifs is 1. The minimum absolute atomic E-state index is 0. The van der Waals surface area contributed by atoms with Gasteiger partial charge < -0.3 is 15.4 Å². The molecular formula is C20H27ClN2O2. The first-order valence-corrected chi connectivity index (χ1v) is 8.65. The highest BCUT2D eigenvalue weighted by atomic mass is 35.5. The Bertz CT molecular complexity index is 688. The third-order valence-electron chi connectivity index (χ3n) is 5.01. The number of ether oxygens (including phenoxy) is 1. The molecule has 0 saturated carbocycles. The average Bonchev–Trinajstić information content (AvgIpc) is 2.62. The van der Waals surface area contributed by atoms with Crippen molar-refractivity contribution in [3.05, 3.63) is 48.0 Å². The van der Waals surface area contributed by atoms with Gasteiger partial charge in [-0.3, -0.25) is 4.79 Å². The number of amides is 1. The van der Waals surface area contributed by atoms with Crippen LogP contribution in [0.4, 0.5) is 0 Å². The Morgan fingerprint density at radius 2 is 1.88 bits per heavy atom. The van der Waals surface area contributed by atoms with E-state index < -0.39 is 0 Å². The Labute approximate surface area is 155 Å². The standard InChI is InChI=1S/C20H26N2O2.ClH/c1-24-15-20(9-11-21-12-10-20)14-22-19(23)13-17-7-4-6-16-5-2-3-8-18(16)17;/h2-8,21H,9-15H2,1H3,(H,22,23);1H. The van der Waals surface area contributed by atoms with E-state index in [0.29, 0.717) is 19.6 Å². The molecule has 5 heteroatoms. The van der Waals surface area contributed by atoms with Gasteiger partial charge in [-0.2, -0.15) is 0 Å². The lowest BCUT2D eigenvalue weighted by Crippen LogP contribution is -2.47. The van der Waals surface area contributed by atoms with E-state index in [4.69, 9.17) is 4.74 Å².